The van der Waals surface area contributed by atoms with Gasteiger partial charge in [-0.3, -0.25) is 4.99 Å². The molecular weight excluding hydrogens is 466 g/mol. The lowest BCUT2D eigenvalue weighted by molar-refractivity contribution is 0.392. The van der Waals surface area contributed by atoms with E-state index in [1.807, 2.05) is 12.1 Å². The first-order valence-electron chi connectivity index (χ1n) is 8.03. The molecule has 1 aromatic carbocycles. The molecule has 0 aliphatic heterocycles. The number of hydrogen-bond acceptors (Lipinski definition) is 4. The van der Waals surface area contributed by atoms with Gasteiger partial charge in [0.1, 0.15) is 5.82 Å². The second-order valence-electron chi connectivity index (χ2n) is 5.18. The van der Waals surface area contributed by atoms with Crippen molar-refractivity contribution in [3.05, 3.63) is 54.0 Å². The van der Waals surface area contributed by atoms with Crippen LogP contribution in [0.1, 0.15) is 12.0 Å². The highest BCUT2D eigenvalue weighted by molar-refractivity contribution is 14.0. The van der Waals surface area contributed by atoms with E-state index in [1.54, 1.807) is 44.2 Å². The van der Waals surface area contributed by atoms with Crippen molar-refractivity contribution in [3.63, 3.8) is 0 Å². The van der Waals surface area contributed by atoms with Crippen LogP contribution in [0, 0.1) is 5.82 Å². The van der Waals surface area contributed by atoms with Gasteiger partial charge >= 0.3 is 0 Å². The molecule has 0 fully saturated rings. The van der Waals surface area contributed by atoms with E-state index < -0.39 is 0 Å². The number of nitrogens with one attached hydrogen (secondary N) is 2. The lowest BCUT2D eigenvalue weighted by Crippen LogP contribution is -2.37. The number of methoxy groups -OCH3 is 1. The molecule has 0 saturated carbocycles. The van der Waals surface area contributed by atoms with Gasteiger partial charge in [0.2, 0.25) is 5.88 Å². The number of ether oxygens (including phenoxy) is 1. The fourth-order valence-electron chi connectivity index (χ4n) is 2.14. The first kappa shape index (κ1) is 22.5. The van der Waals surface area contributed by atoms with E-state index in [-0.39, 0.29) is 29.8 Å². The predicted octanol–water partition coefficient (Wildman–Crippen LogP) is 3.69. The number of benzene rings is 1. The summed E-state index contributed by atoms with van der Waals surface area (Å²) in [4.78, 5) is 9.46. The highest BCUT2D eigenvalue weighted by Crippen LogP contribution is 2.18. The fourth-order valence-corrected chi connectivity index (χ4v) is 2.99. The van der Waals surface area contributed by atoms with Crippen LogP contribution >= 0.6 is 35.7 Å². The van der Waals surface area contributed by atoms with Gasteiger partial charge in [0.05, 0.1) is 7.11 Å². The minimum atomic E-state index is -0.203. The van der Waals surface area contributed by atoms with E-state index >= 15 is 0 Å². The fraction of sp³-hybridized carbons (Fsp3) is 0.333. The molecule has 0 unspecified atom stereocenters. The van der Waals surface area contributed by atoms with E-state index in [0.717, 1.165) is 35.1 Å². The van der Waals surface area contributed by atoms with Crippen LogP contribution in [-0.2, 0) is 6.54 Å². The summed E-state index contributed by atoms with van der Waals surface area (Å²) < 4.78 is 18.1. The topological polar surface area (TPSA) is 58.5 Å². The first-order chi connectivity index (χ1) is 12.2. The van der Waals surface area contributed by atoms with Gasteiger partial charge in [-0.1, -0.05) is 6.07 Å². The Balaban J connectivity index is 0.00000338. The number of hydrogen-bond donors (Lipinski definition) is 2. The average molecular weight is 490 g/mol. The Morgan fingerprint density at radius 1 is 1.23 bits per heavy atom. The molecule has 0 amide bonds. The van der Waals surface area contributed by atoms with E-state index in [1.165, 1.54) is 12.1 Å². The van der Waals surface area contributed by atoms with E-state index in [9.17, 15) is 4.39 Å². The molecule has 0 spiro atoms. The van der Waals surface area contributed by atoms with Gasteiger partial charge in [-0.2, -0.15) is 0 Å². The van der Waals surface area contributed by atoms with Crippen molar-refractivity contribution in [2.45, 2.75) is 17.9 Å². The third-order valence-electron chi connectivity index (χ3n) is 3.41. The summed E-state index contributed by atoms with van der Waals surface area (Å²) in [5.74, 6) is 2.09. The van der Waals surface area contributed by atoms with Crippen molar-refractivity contribution < 1.29 is 9.13 Å². The number of rotatable bonds is 8. The molecule has 0 bridgehead atoms. The Morgan fingerprint density at radius 3 is 2.69 bits per heavy atom. The summed E-state index contributed by atoms with van der Waals surface area (Å²) in [6, 6.07) is 10.4. The van der Waals surface area contributed by atoms with Crippen molar-refractivity contribution >= 4 is 41.7 Å². The predicted molar refractivity (Wildman–Crippen MR) is 116 cm³/mol. The number of aromatic nitrogens is 1. The molecule has 1 aromatic heterocycles. The number of guanidine groups is 1. The summed E-state index contributed by atoms with van der Waals surface area (Å²) in [5.41, 5.74) is 0.972. The number of aliphatic imine (C=N–C) groups is 1. The molecule has 2 N–H and O–H groups in total. The van der Waals surface area contributed by atoms with Gasteiger partial charge in [-0.25, -0.2) is 9.37 Å². The minimum absolute atomic E-state index is 0. The van der Waals surface area contributed by atoms with Crippen molar-refractivity contribution in [2.75, 3.05) is 26.5 Å². The second kappa shape index (κ2) is 12.7. The lowest BCUT2D eigenvalue weighted by atomic mass is 10.2. The zero-order chi connectivity index (χ0) is 17.9. The Bertz CT molecular complexity index is 685. The maximum absolute atomic E-state index is 12.8. The van der Waals surface area contributed by atoms with Crippen molar-refractivity contribution in [3.8, 4) is 5.88 Å². The number of thioether (sulfide) groups is 1. The molecule has 0 saturated heterocycles. The Kier molecular flexibility index (Phi) is 11.0. The van der Waals surface area contributed by atoms with E-state index in [0.29, 0.717) is 12.4 Å². The summed E-state index contributed by atoms with van der Waals surface area (Å²) in [6.45, 7) is 1.39. The SMILES string of the molecule is CN=C(NCCCSc1ccc(F)cc1)NCc1cccnc1OC.I. The number of pyridine rings is 1. The molecule has 0 aliphatic rings. The van der Waals surface area contributed by atoms with Crippen LogP contribution in [-0.4, -0.2) is 37.4 Å². The minimum Gasteiger partial charge on any atom is -0.481 e. The van der Waals surface area contributed by atoms with Crippen LogP contribution in [0.3, 0.4) is 0 Å². The van der Waals surface area contributed by atoms with Crippen molar-refractivity contribution in [1.82, 2.24) is 15.6 Å². The zero-order valence-corrected chi connectivity index (χ0v) is 18.0. The molecule has 8 heteroatoms. The van der Waals surface area contributed by atoms with Gasteiger partial charge in [0.25, 0.3) is 0 Å². The molecule has 0 aliphatic carbocycles. The second-order valence-corrected chi connectivity index (χ2v) is 6.35. The van der Waals surface area contributed by atoms with Gasteiger partial charge < -0.3 is 15.4 Å². The normalized spacial score (nSPS) is 10.8. The molecule has 26 heavy (non-hydrogen) atoms. The van der Waals surface area contributed by atoms with Crippen molar-refractivity contribution in [1.29, 1.82) is 0 Å². The standard InChI is InChI=1S/C18H23FN4OS.HI/c1-20-18(23-13-14-5-3-10-21-17(14)24-2)22-11-4-12-25-16-8-6-15(19)7-9-16;/h3,5-10H,4,11-13H2,1-2H3,(H2,20,22,23);1H. The average Bonchev–Trinajstić information content (AvgIpc) is 2.65. The van der Waals surface area contributed by atoms with Gasteiger partial charge in [-0.05, 0) is 42.5 Å². The molecule has 2 rings (SSSR count). The molecular formula is C18H24FIN4OS. The highest BCUT2D eigenvalue weighted by Gasteiger charge is 2.04. The van der Waals surface area contributed by atoms with Crippen LogP contribution < -0.4 is 15.4 Å². The quantitative estimate of drug-likeness (QED) is 0.194. The van der Waals surface area contributed by atoms with E-state index in [4.69, 9.17) is 4.74 Å². The molecule has 1 heterocycles. The first-order valence-corrected chi connectivity index (χ1v) is 9.02. The summed E-state index contributed by atoms with van der Waals surface area (Å²) in [6.07, 6.45) is 2.67. The van der Waals surface area contributed by atoms with Crippen LogP contribution in [0.25, 0.3) is 0 Å². The number of nitrogens with zero attached hydrogens (tertiary/aromatic N) is 2. The summed E-state index contributed by atoms with van der Waals surface area (Å²) >= 11 is 1.71. The highest BCUT2D eigenvalue weighted by atomic mass is 127. The van der Waals surface area contributed by atoms with Crippen LogP contribution in [0.4, 0.5) is 4.39 Å². The Labute approximate surface area is 175 Å². The van der Waals surface area contributed by atoms with Crippen LogP contribution in [0.15, 0.2) is 52.5 Å². The third-order valence-corrected chi connectivity index (χ3v) is 4.51. The van der Waals surface area contributed by atoms with Crippen LogP contribution in [0.2, 0.25) is 0 Å². The Hall–Kier alpha value is -1.55. The van der Waals surface area contributed by atoms with Crippen molar-refractivity contribution in [2.24, 2.45) is 4.99 Å². The number of halogens is 2. The largest absolute Gasteiger partial charge is 0.481 e. The van der Waals surface area contributed by atoms with Gasteiger partial charge in [-0.15, -0.1) is 35.7 Å². The summed E-state index contributed by atoms with van der Waals surface area (Å²) in [5, 5.41) is 6.52. The molecule has 5 nitrogen and oxygen atoms in total. The molecule has 142 valence electrons. The van der Waals surface area contributed by atoms with Crippen LogP contribution in [0.5, 0.6) is 5.88 Å². The molecule has 2 aromatic rings. The van der Waals surface area contributed by atoms with E-state index in [2.05, 4.69) is 20.6 Å². The maximum atomic E-state index is 12.8. The Morgan fingerprint density at radius 2 is 2.00 bits per heavy atom. The smallest absolute Gasteiger partial charge is 0.218 e. The van der Waals surface area contributed by atoms with Gasteiger partial charge in [0.15, 0.2) is 5.96 Å². The third kappa shape index (κ3) is 7.77. The monoisotopic (exact) mass is 490 g/mol. The zero-order valence-electron chi connectivity index (χ0n) is 14.9. The van der Waals surface area contributed by atoms with Gasteiger partial charge in [0, 0.05) is 36.8 Å². The maximum Gasteiger partial charge on any atom is 0.218 e. The molecule has 0 atom stereocenters. The molecule has 0 radical (unpaired) electrons. The lowest BCUT2D eigenvalue weighted by Gasteiger charge is -2.13. The summed E-state index contributed by atoms with van der Waals surface area (Å²) in [7, 11) is 3.35.